The van der Waals surface area contributed by atoms with E-state index in [-0.39, 0.29) is 11.9 Å². The van der Waals surface area contributed by atoms with Gasteiger partial charge in [-0.2, -0.15) is 0 Å². The van der Waals surface area contributed by atoms with Gasteiger partial charge in [-0.25, -0.2) is 0 Å². The predicted octanol–water partition coefficient (Wildman–Crippen LogP) is 2.59. The second kappa shape index (κ2) is 8.72. The number of nitrogens with two attached hydrogens (primary N) is 1. The van der Waals surface area contributed by atoms with Gasteiger partial charge in [0, 0.05) is 12.2 Å². The molecule has 0 bridgehead atoms. The van der Waals surface area contributed by atoms with Crippen molar-refractivity contribution in [2.24, 2.45) is 5.73 Å². The summed E-state index contributed by atoms with van der Waals surface area (Å²) < 4.78 is 0. The number of hydrogen-bond donors (Lipinski definition) is 2. The summed E-state index contributed by atoms with van der Waals surface area (Å²) >= 11 is 0. The number of amides is 1. The van der Waals surface area contributed by atoms with E-state index >= 15 is 0 Å². The number of hydrogen-bond acceptors (Lipinski definition) is 3. The van der Waals surface area contributed by atoms with E-state index in [9.17, 15) is 4.79 Å². The molecule has 112 valence electrons. The number of carbonyl (C=O) groups excluding carboxylic acids is 1. The van der Waals surface area contributed by atoms with Gasteiger partial charge in [0.1, 0.15) is 0 Å². The van der Waals surface area contributed by atoms with Crippen LogP contribution in [0.15, 0.2) is 24.3 Å². The molecule has 1 unspecified atom stereocenters. The van der Waals surface area contributed by atoms with Crippen LogP contribution in [0.1, 0.15) is 38.7 Å². The quantitative estimate of drug-likeness (QED) is 0.718. The molecule has 0 fully saturated rings. The Morgan fingerprint density at radius 3 is 2.80 bits per heavy atom. The molecule has 0 aliphatic heterocycles. The molecule has 4 nitrogen and oxygen atoms in total. The van der Waals surface area contributed by atoms with Crippen LogP contribution in [0.2, 0.25) is 0 Å². The average molecular weight is 277 g/mol. The molecule has 1 rings (SSSR count). The Balaban J connectivity index is 2.51. The standard InChI is InChI=1S/C16H27N3O/c1-4-5-6-10-19(3)13(2)16(20)18-15-9-7-8-14(11-15)12-17/h7-9,11,13H,4-6,10,12,17H2,1-3H3,(H,18,20). The van der Waals surface area contributed by atoms with Crippen LogP contribution in [0, 0.1) is 0 Å². The summed E-state index contributed by atoms with van der Waals surface area (Å²) in [6.07, 6.45) is 3.53. The third kappa shape index (κ3) is 5.31. The van der Waals surface area contributed by atoms with E-state index in [1.54, 1.807) is 0 Å². The van der Waals surface area contributed by atoms with Crippen molar-refractivity contribution in [3.63, 3.8) is 0 Å². The van der Waals surface area contributed by atoms with E-state index in [0.29, 0.717) is 6.54 Å². The van der Waals surface area contributed by atoms with Gasteiger partial charge < -0.3 is 11.1 Å². The zero-order valence-corrected chi connectivity index (χ0v) is 12.9. The molecule has 1 aromatic carbocycles. The Kier molecular flexibility index (Phi) is 7.26. The van der Waals surface area contributed by atoms with Gasteiger partial charge in [-0.05, 0) is 44.6 Å². The van der Waals surface area contributed by atoms with Crippen LogP contribution in [0.25, 0.3) is 0 Å². The first-order valence-electron chi connectivity index (χ1n) is 7.38. The minimum absolute atomic E-state index is 0.0261. The maximum atomic E-state index is 12.2. The molecule has 1 atom stereocenters. The van der Waals surface area contributed by atoms with Crippen molar-refractivity contribution in [3.05, 3.63) is 29.8 Å². The highest BCUT2D eigenvalue weighted by Crippen LogP contribution is 2.11. The first-order valence-corrected chi connectivity index (χ1v) is 7.38. The van der Waals surface area contributed by atoms with Crippen molar-refractivity contribution in [1.82, 2.24) is 4.90 Å². The minimum atomic E-state index is -0.131. The van der Waals surface area contributed by atoms with Crippen LogP contribution >= 0.6 is 0 Å². The van der Waals surface area contributed by atoms with Crippen LogP contribution < -0.4 is 11.1 Å². The van der Waals surface area contributed by atoms with E-state index in [1.807, 2.05) is 38.2 Å². The summed E-state index contributed by atoms with van der Waals surface area (Å²) in [5.41, 5.74) is 7.44. The Morgan fingerprint density at radius 2 is 2.15 bits per heavy atom. The molecule has 0 saturated heterocycles. The van der Waals surface area contributed by atoms with Crippen LogP contribution in [-0.2, 0) is 11.3 Å². The van der Waals surface area contributed by atoms with Crippen LogP contribution in [0.4, 0.5) is 5.69 Å². The fourth-order valence-electron chi connectivity index (χ4n) is 2.03. The summed E-state index contributed by atoms with van der Waals surface area (Å²) in [6.45, 7) is 5.55. The maximum Gasteiger partial charge on any atom is 0.241 e. The summed E-state index contributed by atoms with van der Waals surface area (Å²) in [6, 6.07) is 7.54. The molecule has 20 heavy (non-hydrogen) atoms. The SMILES string of the molecule is CCCCCN(C)C(C)C(=O)Nc1cccc(CN)c1. The molecule has 0 heterocycles. The van der Waals surface area contributed by atoms with E-state index in [2.05, 4.69) is 17.1 Å². The van der Waals surface area contributed by atoms with E-state index in [4.69, 9.17) is 5.73 Å². The smallest absolute Gasteiger partial charge is 0.241 e. The number of carbonyl (C=O) groups is 1. The zero-order chi connectivity index (χ0) is 15.0. The highest BCUT2D eigenvalue weighted by Gasteiger charge is 2.17. The normalized spacial score (nSPS) is 12.4. The zero-order valence-electron chi connectivity index (χ0n) is 12.9. The summed E-state index contributed by atoms with van der Waals surface area (Å²) in [5, 5.41) is 2.95. The number of benzene rings is 1. The lowest BCUT2D eigenvalue weighted by atomic mass is 10.2. The lowest BCUT2D eigenvalue weighted by molar-refractivity contribution is -0.120. The predicted molar refractivity (Wildman–Crippen MR) is 84.6 cm³/mol. The minimum Gasteiger partial charge on any atom is -0.326 e. The van der Waals surface area contributed by atoms with Gasteiger partial charge in [0.25, 0.3) is 0 Å². The summed E-state index contributed by atoms with van der Waals surface area (Å²) in [7, 11) is 2.00. The Morgan fingerprint density at radius 1 is 1.40 bits per heavy atom. The first kappa shape index (κ1) is 16.7. The monoisotopic (exact) mass is 277 g/mol. The molecule has 0 saturated carbocycles. The lowest BCUT2D eigenvalue weighted by Gasteiger charge is -2.23. The van der Waals surface area contributed by atoms with Gasteiger partial charge in [-0.3, -0.25) is 9.69 Å². The van der Waals surface area contributed by atoms with E-state index in [1.165, 1.54) is 12.8 Å². The van der Waals surface area contributed by atoms with Gasteiger partial charge in [0.2, 0.25) is 5.91 Å². The summed E-state index contributed by atoms with van der Waals surface area (Å²) in [4.78, 5) is 14.3. The first-order chi connectivity index (χ1) is 9.58. The van der Waals surface area contributed by atoms with Crippen molar-refractivity contribution in [2.75, 3.05) is 18.9 Å². The molecule has 0 aromatic heterocycles. The second-order valence-electron chi connectivity index (χ2n) is 5.26. The fraction of sp³-hybridized carbons (Fsp3) is 0.562. The highest BCUT2D eigenvalue weighted by molar-refractivity contribution is 5.94. The number of rotatable bonds is 8. The van der Waals surface area contributed by atoms with Crippen molar-refractivity contribution in [1.29, 1.82) is 0 Å². The van der Waals surface area contributed by atoms with Crippen LogP contribution in [0.5, 0.6) is 0 Å². The molecule has 0 radical (unpaired) electrons. The highest BCUT2D eigenvalue weighted by atomic mass is 16.2. The molecule has 0 aliphatic carbocycles. The van der Waals surface area contributed by atoms with E-state index in [0.717, 1.165) is 24.2 Å². The van der Waals surface area contributed by atoms with Gasteiger partial charge >= 0.3 is 0 Å². The molecule has 1 aromatic rings. The molecule has 1 amide bonds. The van der Waals surface area contributed by atoms with Crippen molar-refractivity contribution < 1.29 is 4.79 Å². The number of unbranched alkanes of at least 4 members (excludes halogenated alkanes) is 2. The van der Waals surface area contributed by atoms with Gasteiger partial charge in [-0.15, -0.1) is 0 Å². The molecule has 0 aliphatic rings. The summed E-state index contributed by atoms with van der Waals surface area (Å²) in [5.74, 6) is 0.0261. The van der Waals surface area contributed by atoms with Gasteiger partial charge in [-0.1, -0.05) is 31.9 Å². The van der Waals surface area contributed by atoms with E-state index < -0.39 is 0 Å². The molecule has 4 heteroatoms. The Hall–Kier alpha value is -1.39. The fourth-order valence-corrected chi connectivity index (χ4v) is 2.03. The number of nitrogens with zero attached hydrogens (tertiary/aromatic N) is 1. The van der Waals surface area contributed by atoms with Crippen molar-refractivity contribution >= 4 is 11.6 Å². The molecular weight excluding hydrogens is 250 g/mol. The van der Waals surface area contributed by atoms with Crippen molar-refractivity contribution in [2.45, 2.75) is 45.7 Å². The number of anilines is 1. The molecule has 3 N–H and O–H groups in total. The lowest BCUT2D eigenvalue weighted by Crippen LogP contribution is -2.40. The topological polar surface area (TPSA) is 58.4 Å². The number of nitrogens with one attached hydrogen (secondary N) is 1. The number of likely N-dealkylation sites (N-methyl/N-ethyl adjacent to an activating group) is 1. The van der Waals surface area contributed by atoms with Gasteiger partial charge in [0.15, 0.2) is 0 Å². The van der Waals surface area contributed by atoms with Gasteiger partial charge in [0.05, 0.1) is 6.04 Å². The van der Waals surface area contributed by atoms with Crippen LogP contribution in [-0.4, -0.2) is 30.4 Å². The van der Waals surface area contributed by atoms with Crippen molar-refractivity contribution in [3.8, 4) is 0 Å². The second-order valence-corrected chi connectivity index (χ2v) is 5.26. The van der Waals surface area contributed by atoms with Crippen LogP contribution in [0.3, 0.4) is 0 Å². The third-order valence-corrected chi connectivity index (χ3v) is 3.59. The molecule has 0 spiro atoms. The largest absolute Gasteiger partial charge is 0.326 e. The third-order valence-electron chi connectivity index (χ3n) is 3.59. The Bertz CT molecular complexity index is 420. The molecular formula is C16H27N3O. The Labute approximate surface area is 122 Å². The maximum absolute atomic E-state index is 12.2. The average Bonchev–Trinajstić information content (AvgIpc) is 2.46.